The third-order valence-corrected chi connectivity index (χ3v) is 5.46. The molecular weight excluding hydrogens is 388 g/mol. The van der Waals surface area contributed by atoms with E-state index in [9.17, 15) is 13.6 Å². The zero-order valence-electron chi connectivity index (χ0n) is 16.9. The molecule has 1 saturated heterocycles. The first-order chi connectivity index (χ1) is 14.5. The molecule has 1 heterocycles. The number of carbonyl (C=O) groups excluding carboxylic acids is 1. The molecule has 4 rings (SSSR count). The standard InChI is InChI=1S/C23H23F2N3O2/c1-26(21-11-16-5-3-4-6-17(16)12-22(21)30-2)23(29)28-9-7-27(8-10-28)20-14-18(24)13-19(25)15-20/h3-6,11-15H,7-10H2,1-2H3. The summed E-state index contributed by atoms with van der Waals surface area (Å²) in [7, 11) is 3.31. The Kier molecular flexibility index (Phi) is 5.44. The second-order valence-corrected chi connectivity index (χ2v) is 7.31. The molecule has 30 heavy (non-hydrogen) atoms. The van der Waals surface area contributed by atoms with Crippen molar-refractivity contribution in [3.05, 3.63) is 66.2 Å². The third kappa shape index (κ3) is 3.87. The van der Waals surface area contributed by atoms with Gasteiger partial charge in [-0.25, -0.2) is 13.6 Å². The van der Waals surface area contributed by atoms with E-state index in [0.717, 1.165) is 16.8 Å². The van der Waals surface area contributed by atoms with Crippen molar-refractivity contribution in [2.75, 3.05) is 50.1 Å². The molecule has 5 nitrogen and oxygen atoms in total. The number of fused-ring (bicyclic) bond motifs is 1. The molecule has 3 aromatic rings. The van der Waals surface area contributed by atoms with Crippen LogP contribution in [0.5, 0.6) is 5.75 Å². The van der Waals surface area contributed by atoms with Crippen molar-refractivity contribution in [3.8, 4) is 5.75 Å². The van der Waals surface area contributed by atoms with Crippen LogP contribution in [0.4, 0.5) is 25.0 Å². The SMILES string of the molecule is COc1cc2ccccc2cc1N(C)C(=O)N1CCN(c2cc(F)cc(F)c2)CC1. The Labute approximate surface area is 174 Å². The van der Waals surface area contributed by atoms with Crippen molar-refractivity contribution in [3.63, 3.8) is 0 Å². The van der Waals surface area contributed by atoms with Crippen LogP contribution >= 0.6 is 0 Å². The summed E-state index contributed by atoms with van der Waals surface area (Å²) in [6, 6.07) is 15.1. The molecule has 0 aliphatic carbocycles. The van der Waals surface area contributed by atoms with Gasteiger partial charge in [-0.3, -0.25) is 4.90 Å². The molecule has 3 aromatic carbocycles. The molecule has 0 unspecified atom stereocenters. The van der Waals surface area contributed by atoms with Gasteiger partial charge in [-0.2, -0.15) is 0 Å². The van der Waals surface area contributed by atoms with Crippen molar-refractivity contribution in [2.24, 2.45) is 0 Å². The zero-order chi connectivity index (χ0) is 21.3. The number of hydrogen-bond donors (Lipinski definition) is 0. The minimum absolute atomic E-state index is 0.145. The van der Waals surface area contributed by atoms with Gasteiger partial charge in [0, 0.05) is 45.0 Å². The smallest absolute Gasteiger partial charge is 0.324 e. The molecule has 0 bridgehead atoms. The summed E-state index contributed by atoms with van der Waals surface area (Å²) >= 11 is 0. The number of anilines is 2. The molecule has 0 atom stereocenters. The van der Waals surface area contributed by atoms with Gasteiger partial charge < -0.3 is 14.5 Å². The highest BCUT2D eigenvalue weighted by Crippen LogP contribution is 2.33. The summed E-state index contributed by atoms with van der Waals surface area (Å²) in [5, 5.41) is 2.06. The molecule has 1 aliphatic heterocycles. The Bertz CT molecular complexity index is 1060. The van der Waals surface area contributed by atoms with Crippen molar-refractivity contribution >= 4 is 28.2 Å². The maximum Gasteiger partial charge on any atom is 0.324 e. The zero-order valence-corrected chi connectivity index (χ0v) is 16.9. The lowest BCUT2D eigenvalue weighted by Gasteiger charge is -2.38. The van der Waals surface area contributed by atoms with Gasteiger partial charge in [0.25, 0.3) is 0 Å². The van der Waals surface area contributed by atoms with Crippen LogP contribution in [0.15, 0.2) is 54.6 Å². The Balaban J connectivity index is 1.49. The van der Waals surface area contributed by atoms with Crippen LogP contribution in [0, 0.1) is 11.6 Å². The monoisotopic (exact) mass is 411 g/mol. The van der Waals surface area contributed by atoms with Gasteiger partial charge in [0.2, 0.25) is 0 Å². The van der Waals surface area contributed by atoms with E-state index in [-0.39, 0.29) is 6.03 Å². The van der Waals surface area contributed by atoms with E-state index >= 15 is 0 Å². The molecule has 156 valence electrons. The largest absolute Gasteiger partial charge is 0.495 e. The highest BCUT2D eigenvalue weighted by atomic mass is 19.1. The van der Waals surface area contributed by atoms with E-state index in [0.29, 0.717) is 43.3 Å². The number of hydrogen-bond acceptors (Lipinski definition) is 3. The van der Waals surface area contributed by atoms with Crippen molar-refractivity contribution in [1.29, 1.82) is 0 Å². The first-order valence-corrected chi connectivity index (χ1v) is 9.77. The van der Waals surface area contributed by atoms with Crippen LogP contribution in [0.1, 0.15) is 0 Å². The summed E-state index contributed by atoms with van der Waals surface area (Å²) < 4.78 is 32.5. The second-order valence-electron chi connectivity index (χ2n) is 7.31. The quantitative estimate of drug-likeness (QED) is 0.637. The lowest BCUT2D eigenvalue weighted by atomic mass is 10.1. The highest BCUT2D eigenvalue weighted by Gasteiger charge is 2.26. The van der Waals surface area contributed by atoms with Crippen LogP contribution in [0.3, 0.4) is 0 Å². The fourth-order valence-corrected chi connectivity index (χ4v) is 3.83. The Morgan fingerprint density at radius 1 is 0.933 bits per heavy atom. The lowest BCUT2D eigenvalue weighted by Crippen LogP contribution is -2.52. The van der Waals surface area contributed by atoms with E-state index in [4.69, 9.17) is 4.74 Å². The van der Waals surface area contributed by atoms with Gasteiger partial charge in [-0.05, 0) is 35.0 Å². The maximum absolute atomic E-state index is 13.5. The first kappa shape index (κ1) is 19.9. The van der Waals surface area contributed by atoms with Crippen LogP contribution < -0.4 is 14.5 Å². The fourth-order valence-electron chi connectivity index (χ4n) is 3.83. The van der Waals surface area contributed by atoms with Crippen LogP contribution in [-0.4, -0.2) is 51.3 Å². The number of piperazine rings is 1. The van der Waals surface area contributed by atoms with E-state index in [1.54, 1.807) is 24.0 Å². The maximum atomic E-state index is 13.5. The molecular formula is C23H23F2N3O2. The summed E-state index contributed by atoms with van der Waals surface area (Å²) in [5.74, 6) is -0.586. The second kappa shape index (κ2) is 8.18. The molecule has 1 fully saturated rings. The van der Waals surface area contributed by atoms with Gasteiger partial charge in [0.1, 0.15) is 17.4 Å². The third-order valence-electron chi connectivity index (χ3n) is 5.46. The number of methoxy groups -OCH3 is 1. The Morgan fingerprint density at radius 2 is 1.53 bits per heavy atom. The molecule has 0 aromatic heterocycles. The predicted octanol–water partition coefficient (Wildman–Crippen LogP) is 4.51. The van der Waals surface area contributed by atoms with Crippen molar-refractivity contribution in [2.45, 2.75) is 0 Å². The molecule has 7 heteroatoms. The molecule has 1 aliphatic rings. The number of carbonyl (C=O) groups is 1. The molecule has 0 N–H and O–H groups in total. The summed E-state index contributed by atoms with van der Waals surface area (Å²) in [5.41, 5.74) is 1.18. The van der Waals surface area contributed by atoms with E-state index in [1.165, 1.54) is 12.1 Å². The average Bonchev–Trinajstić information content (AvgIpc) is 2.76. The summed E-state index contributed by atoms with van der Waals surface area (Å²) in [4.78, 5) is 18.3. The van der Waals surface area contributed by atoms with E-state index in [1.807, 2.05) is 41.3 Å². The number of amides is 2. The van der Waals surface area contributed by atoms with Gasteiger partial charge in [0.05, 0.1) is 12.8 Å². The number of ether oxygens (including phenoxy) is 1. The minimum Gasteiger partial charge on any atom is -0.495 e. The topological polar surface area (TPSA) is 36.0 Å². The lowest BCUT2D eigenvalue weighted by molar-refractivity contribution is 0.202. The number of benzene rings is 3. The van der Waals surface area contributed by atoms with Gasteiger partial charge in [0.15, 0.2) is 0 Å². The normalized spacial score (nSPS) is 14.1. The molecule has 0 saturated carbocycles. The van der Waals surface area contributed by atoms with Gasteiger partial charge in [-0.1, -0.05) is 24.3 Å². The molecule has 0 spiro atoms. The predicted molar refractivity (Wildman–Crippen MR) is 114 cm³/mol. The van der Waals surface area contributed by atoms with Crippen molar-refractivity contribution in [1.82, 2.24) is 4.90 Å². The van der Waals surface area contributed by atoms with Gasteiger partial charge >= 0.3 is 6.03 Å². The van der Waals surface area contributed by atoms with E-state index in [2.05, 4.69) is 0 Å². The Hall–Kier alpha value is -3.35. The number of urea groups is 1. The number of halogens is 2. The number of rotatable bonds is 3. The Morgan fingerprint density at radius 3 is 2.13 bits per heavy atom. The van der Waals surface area contributed by atoms with Crippen LogP contribution in [0.25, 0.3) is 10.8 Å². The average molecular weight is 411 g/mol. The van der Waals surface area contributed by atoms with Crippen LogP contribution in [0.2, 0.25) is 0 Å². The molecule has 2 amide bonds. The molecule has 0 radical (unpaired) electrons. The summed E-state index contributed by atoms with van der Waals surface area (Å²) in [6.07, 6.45) is 0. The van der Waals surface area contributed by atoms with Crippen LogP contribution in [-0.2, 0) is 0 Å². The number of nitrogens with zero attached hydrogens (tertiary/aromatic N) is 3. The minimum atomic E-state index is -0.605. The van der Waals surface area contributed by atoms with Gasteiger partial charge in [-0.15, -0.1) is 0 Å². The first-order valence-electron chi connectivity index (χ1n) is 9.77. The highest BCUT2D eigenvalue weighted by molar-refractivity contribution is 5.97. The fraction of sp³-hybridized carbons (Fsp3) is 0.261. The van der Waals surface area contributed by atoms with Crippen molar-refractivity contribution < 1.29 is 18.3 Å². The van der Waals surface area contributed by atoms with E-state index < -0.39 is 11.6 Å². The summed E-state index contributed by atoms with van der Waals surface area (Å²) in [6.45, 7) is 1.91.